The zero-order valence-electron chi connectivity index (χ0n) is 16.5. The molecule has 0 amide bonds. The van der Waals surface area contributed by atoms with Gasteiger partial charge >= 0.3 is 5.97 Å². The number of nitrogens with one attached hydrogen (secondary N) is 2. The van der Waals surface area contributed by atoms with Gasteiger partial charge in [0.15, 0.2) is 0 Å². The Morgan fingerprint density at radius 2 is 1.96 bits per heavy atom. The molecule has 26 heavy (non-hydrogen) atoms. The fourth-order valence-corrected chi connectivity index (χ4v) is 2.57. The Hall–Kier alpha value is -2.15. The average Bonchev–Trinajstić information content (AvgIpc) is 3.08. The van der Waals surface area contributed by atoms with Gasteiger partial charge in [0.1, 0.15) is 11.6 Å². The largest absolute Gasteiger partial charge is 0.466 e. The quantitative estimate of drug-likeness (QED) is 0.732. The van der Waals surface area contributed by atoms with Crippen molar-refractivity contribution in [3.8, 4) is 0 Å². The molecule has 0 radical (unpaired) electrons. The minimum Gasteiger partial charge on any atom is -0.466 e. The second kappa shape index (κ2) is 12.2. The van der Waals surface area contributed by atoms with Gasteiger partial charge in [0.2, 0.25) is 0 Å². The number of aromatic amines is 2. The Balaban J connectivity index is 0.000000239. The first-order valence-electron chi connectivity index (χ1n) is 9.28. The summed E-state index contributed by atoms with van der Waals surface area (Å²) in [6, 6.07) is 0. The summed E-state index contributed by atoms with van der Waals surface area (Å²) in [5, 5.41) is 0. The lowest BCUT2D eigenvalue weighted by Crippen LogP contribution is -2.09. The van der Waals surface area contributed by atoms with Gasteiger partial charge < -0.3 is 19.4 Å². The summed E-state index contributed by atoms with van der Waals surface area (Å²) >= 11 is 0. The zero-order valence-corrected chi connectivity index (χ0v) is 16.5. The molecule has 2 heterocycles. The number of nitrogens with zero attached hydrogens (tertiary/aromatic N) is 2. The van der Waals surface area contributed by atoms with Crippen LogP contribution in [0.2, 0.25) is 0 Å². The number of hydrogen-bond donors (Lipinski definition) is 2. The van der Waals surface area contributed by atoms with Crippen LogP contribution in [0, 0.1) is 5.92 Å². The van der Waals surface area contributed by atoms with E-state index in [1.807, 2.05) is 27.0 Å². The second-order valence-corrected chi connectivity index (χ2v) is 5.92. The van der Waals surface area contributed by atoms with Crippen LogP contribution in [0.5, 0.6) is 0 Å². The summed E-state index contributed by atoms with van der Waals surface area (Å²) in [6.07, 6.45) is 8.70. The van der Waals surface area contributed by atoms with E-state index >= 15 is 0 Å². The Morgan fingerprint density at radius 3 is 2.50 bits per heavy atom. The molecule has 0 saturated heterocycles. The highest BCUT2D eigenvalue weighted by molar-refractivity contribution is 5.70. The molecular formula is C19H32N4O3. The molecule has 146 valence electrons. The maximum Gasteiger partial charge on any atom is 0.306 e. The van der Waals surface area contributed by atoms with E-state index in [0.29, 0.717) is 24.9 Å². The maximum atomic E-state index is 11.1. The van der Waals surface area contributed by atoms with Crippen molar-refractivity contribution in [2.75, 3.05) is 20.3 Å². The predicted molar refractivity (Wildman–Crippen MR) is 101 cm³/mol. The second-order valence-electron chi connectivity index (χ2n) is 5.92. The number of esters is 1. The molecule has 0 aromatic carbocycles. The van der Waals surface area contributed by atoms with Crippen LogP contribution in [0.3, 0.4) is 0 Å². The summed E-state index contributed by atoms with van der Waals surface area (Å²) < 4.78 is 9.88. The molecule has 3 atom stereocenters. The monoisotopic (exact) mass is 364 g/mol. The zero-order chi connectivity index (χ0) is 19.4. The number of carbonyl (C=O) groups is 1. The standard InChI is InChI=1S/C9H14N2O2.C8H12N2O.C2H6/c1-3-13-8(12)6-7(2)9-10-4-5-11-9;1-11-5-6-4-7(6)8-9-2-3-10-8;1-2/h4-5,7H,3,6H2,1-2H3,(H,10,11);2-3,6-7H,4-5H2,1H3,(H,9,10);1-2H3. The van der Waals surface area contributed by atoms with E-state index < -0.39 is 0 Å². The van der Waals surface area contributed by atoms with Crippen molar-refractivity contribution in [1.29, 1.82) is 0 Å². The summed E-state index contributed by atoms with van der Waals surface area (Å²) in [5.74, 6) is 3.19. The van der Waals surface area contributed by atoms with Gasteiger partial charge in [-0.3, -0.25) is 4.79 Å². The molecule has 3 rings (SSSR count). The lowest BCUT2D eigenvalue weighted by molar-refractivity contribution is -0.143. The van der Waals surface area contributed by atoms with Gasteiger partial charge in [0.25, 0.3) is 0 Å². The van der Waals surface area contributed by atoms with Gasteiger partial charge in [-0.1, -0.05) is 20.8 Å². The van der Waals surface area contributed by atoms with E-state index in [4.69, 9.17) is 9.47 Å². The molecule has 1 aliphatic carbocycles. The molecular weight excluding hydrogens is 332 g/mol. The van der Waals surface area contributed by atoms with Crippen molar-refractivity contribution in [3.05, 3.63) is 36.4 Å². The number of H-pyrrole nitrogens is 2. The molecule has 1 fully saturated rings. The predicted octanol–water partition coefficient (Wildman–Crippen LogP) is 3.65. The van der Waals surface area contributed by atoms with Gasteiger partial charge in [0.05, 0.1) is 13.0 Å². The van der Waals surface area contributed by atoms with Crippen LogP contribution in [0.25, 0.3) is 0 Å². The fraction of sp³-hybridized carbons (Fsp3) is 0.632. The number of aromatic nitrogens is 4. The molecule has 1 aliphatic rings. The highest BCUT2D eigenvalue weighted by Gasteiger charge is 2.39. The van der Waals surface area contributed by atoms with Crippen LogP contribution < -0.4 is 0 Å². The first-order chi connectivity index (χ1) is 12.7. The third kappa shape index (κ3) is 7.39. The molecule has 2 aromatic rings. The molecule has 2 aromatic heterocycles. The van der Waals surface area contributed by atoms with Crippen LogP contribution in [0.4, 0.5) is 0 Å². The maximum absolute atomic E-state index is 11.1. The summed E-state index contributed by atoms with van der Waals surface area (Å²) in [7, 11) is 1.75. The number of carbonyl (C=O) groups excluding carboxylic acids is 1. The Labute approximate surface area is 155 Å². The van der Waals surface area contributed by atoms with E-state index in [-0.39, 0.29) is 11.9 Å². The van der Waals surface area contributed by atoms with E-state index in [9.17, 15) is 4.79 Å². The SMILES string of the molecule is CC.CCOC(=O)CC(C)c1ncc[nH]1.COCC1CC1c1ncc[nH]1. The van der Waals surface area contributed by atoms with E-state index in [1.54, 1.807) is 32.6 Å². The fourth-order valence-electron chi connectivity index (χ4n) is 2.57. The number of methoxy groups -OCH3 is 1. The topological polar surface area (TPSA) is 92.9 Å². The molecule has 2 N–H and O–H groups in total. The van der Waals surface area contributed by atoms with Crippen LogP contribution in [0.15, 0.2) is 24.8 Å². The van der Waals surface area contributed by atoms with Crippen molar-refractivity contribution < 1.29 is 14.3 Å². The first-order valence-corrected chi connectivity index (χ1v) is 9.28. The molecule has 7 nitrogen and oxygen atoms in total. The highest BCUT2D eigenvalue weighted by atomic mass is 16.5. The lowest BCUT2D eigenvalue weighted by atomic mass is 10.1. The van der Waals surface area contributed by atoms with E-state index in [1.165, 1.54) is 6.42 Å². The van der Waals surface area contributed by atoms with Gasteiger partial charge in [-0.25, -0.2) is 9.97 Å². The first kappa shape index (κ1) is 21.9. The summed E-state index contributed by atoms with van der Waals surface area (Å²) in [4.78, 5) is 25.4. The average molecular weight is 364 g/mol. The smallest absolute Gasteiger partial charge is 0.306 e. The number of rotatable bonds is 7. The number of ether oxygens (including phenoxy) is 2. The van der Waals surface area contributed by atoms with Crippen molar-refractivity contribution in [2.24, 2.45) is 5.92 Å². The summed E-state index contributed by atoms with van der Waals surface area (Å²) in [5.41, 5.74) is 0. The molecule has 1 saturated carbocycles. The summed E-state index contributed by atoms with van der Waals surface area (Å²) in [6.45, 7) is 9.04. The van der Waals surface area contributed by atoms with Crippen LogP contribution >= 0.6 is 0 Å². The van der Waals surface area contributed by atoms with Gasteiger partial charge in [-0.15, -0.1) is 0 Å². The van der Waals surface area contributed by atoms with Crippen molar-refractivity contribution in [1.82, 2.24) is 19.9 Å². The Kier molecular flexibility index (Phi) is 10.3. The molecule has 0 spiro atoms. The molecule has 0 aliphatic heterocycles. The minimum atomic E-state index is -0.175. The molecule has 3 unspecified atom stereocenters. The van der Waals surface area contributed by atoms with E-state index in [0.717, 1.165) is 18.3 Å². The van der Waals surface area contributed by atoms with Gasteiger partial charge in [-0.05, 0) is 19.3 Å². The molecule has 7 heteroatoms. The van der Waals surface area contributed by atoms with Gasteiger partial charge in [0, 0.05) is 50.3 Å². The van der Waals surface area contributed by atoms with E-state index in [2.05, 4.69) is 19.9 Å². The third-order valence-electron chi connectivity index (χ3n) is 3.94. The Bertz CT molecular complexity index is 584. The van der Waals surface area contributed by atoms with Crippen LogP contribution in [-0.2, 0) is 14.3 Å². The lowest BCUT2D eigenvalue weighted by Gasteiger charge is -2.06. The minimum absolute atomic E-state index is 0.0917. The van der Waals surface area contributed by atoms with Crippen molar-refractivity contribution in [2.45, 2.75) is 52.4 Å². The van der Waals surface area contributed by atoms with Crippen molar-refractivity contribution >= 4 is 5.97 Å². The highest BCUT2D eigenvalue weighted by Crippen LogP contribution is 2.45. The third-order valence-corrected chi connectivity index (χ3v) is 3.94. The van der Waals surface area contributed by atoms with Crippen molar-refractivity contribution in [3.63, 3.8) is 0 Å². The van der Waals surface area contributed by atoms with Gasteiger partial charge in [-0.2, -0.15) is 0 Å². The molecule has 0 bridgehead atoms. The van der Waals surface area contributed by atoms with Crippen LogP contribution in [-0.4, -0.2) is 46.2 Å². The number of hydrogen-bond acceptors (Lipinski definition) is 5. The van der Waals surface area contributed by atoms with Crippen LogP contribution in [0.1, 0.15) is 64.0 Å². The normalized spacial score (nSPS) is 18.7. The Morgan fingerprint density at radius 1 is 1.27 bits per heavy atom. The number of imidazole rings is 2.